The highest BCUT2D eigenvalue weighted by molar-refractivity contribution is 6.31. The highest BCUT2D eigenvalue weighted by atomic mass is 35.5. The molecule has 14 heteroatoms. The first-order chi connectivity index (χ1) is 20.0. The summed E-state index contributed by atoms with van der Waals surface area (Å²) in [6.07, 6.45) is 0.604. The quantitative estimate of drug-likeness (QED) is 0.188. The van der Waals surface area contributed by atoms with Crippen LogP contribution in [0.4, 0.5) is 19.3 Å². The fourth-order valence-corrected chi connectivity index (χ4v) is 5.33. The summed E-state index contributed by atoms with van der Waals surface area (Å²) < 4.78 is 28.1. The molecule has 0 saturated heterocycles. The fourth-order valence-electron chi connectivity index (χ4n) is 5.16. The van der Waals surface area contributed by atoms with Gasteiger partial charge in [0.15, 0.2) is 6.20 Å². The van der Waals surface area contributed by atoms with Gasteiger partial charge in [-0.1, -0.05) is 28.9 Å². The molecule has 0 fully saturated rings. The number of rotatable bonds is 6. The van der Waals surface area contributed by atoms with Crippen LogP contribution in [-0.4, -0.2) is 48.3 Å². The van der Waals surface area contributed by atoms with E-state index in [1.807, 2.05) is 0 Å². The Labute approximate surface area is 241 Å². The molecule has 0 saturated carbocycles. The molecule has 5 aromatic rings. The molecule has 3 N–H and O–H groups in total. The van der Waals surface area contributed by atoms with Crippen LogP contribution in [-0.2, 0) is 12.0 Å². The van der Waals surface area contributed by atoms with E-state index in [4.69, 9.17) is 11.6 Å². The van der Waals surface area contributed by atoms with Gasteiger partial charge >= 0.3 is 6.09 Å². The van der Waals surface area contributed by atoms with Gasteiger partial charge in [-0.25, -0.2) is 23.2 Å². The van der Waals surface area contributed by atoms with Crippen molar-refractivity contribution in [1.82, 2.24) is 25.0 Å². The number of carboxylic acid groups (broad SMARTS) is 1. The Kier molecular flexibility index (Phi) is 6.62. The summed E-state index contributed by atoms with van der Waals surface area (Å²) >= 11 is 6.25. The van der Waals surface area contributed by atoms with Crippen LogP contribution in [0.1, 0.15) is 35.6 Å². The van der Waals surface area contributed by atoms with Crippen molar-refractivity contribution in [3.8, 4) is 28.1 Å². The van der Waals surface area contributed by atoms with Gasteiger partial charge in [0.05, 0.1) is 23.8 Å². The van der Waals surface area contributed by atoms with Crippen LogP contribution >= 0.6 is 11.6 Å². The molecule has 1 aliphatic carbocycles. The van der Waals surface area contributed by atoms with Crippen molar-refractivity contribution in [3.05, 3.63) is 100 Å². The van der Waals surface area contributed by atoms with Crippen LogP contribution in [0.15, 0.2) is 67.1 Å². The second kappa shape index (κ2) is 10.2. The molecule has 0 bridgehead atoms. The van der Waals surface area contributed by atoms with Gasteiger partial charge in [-0.15, -0.1) is 5.10 Å². The Hall–Kier alpha value is -4.88. The van der Waals surface area contributed by atoms with Crippen molar-refractivity contribution in [2.24, 2.45) is 0 Å². The molecule has 0 aliphatic heterocycles. The summed E-state index contributed by atoms with van der Waals surface area (Å²) in [5, 5.41) is 42.0. The Balaban J connectivity index is 1.35. The van der Waals surface area contributed by atoms with E-state index in [0.29, 0.717) is 55.5 Å². The molecule has 1 amide bonds. The predicted molar refractivity (Wildman–Crippen MR) is 147 cm³/mol. The molecule has 0 spiro atoms. The van der Waals surface area contributed by atoms with Crippen molar-refractivity contribution in [1.29, 1.82) is 0 Å². The van der Waals surface area contributed by atoms with E-state index in [9.17, 15) is 29.0 Å². The number of fused-ring (bicyclic) bond motifs is 1. The van der Waals surface area contributed by atoms with E-state index in [1.54, 1.807) is 48.5 Å². The molecule has 3 aromatic heterocycles. The van der Waals surface area contributed by atoms with E-state index in [-0.39, 0.29) is 17.9 Å². The molecular weight excluding hydrogens is 572 g/mol. The van der Waals surface area contributed by atoms with Gasteiger partial charge in [0.2, 0.25) is 11.3 Å². The zero-order valence-corrected chi connectivity index (χ0v) is 22.6. The first kappa shape index (κ1) is 27.3. The lowest BCUT2D eigenvalue weighted by molar-refractivity contribution is -0.620. The number of nitrogens with zero attached hydrogens (tertiary/aromatic N) is 6. The minimum absolute atomic E-state index is 0.120. The maximum atomic E-state index is 13.4. The third-order valence-electron chi connectivity index (χ3n) is 7.33. The lowest BCUT2D eigenvalue weighted by atomic mass is 9.98. The Morgan fingerprint density at radius 3 is 2.67 bits per heavy atom. The number of aryl methyl sites for hydroxylation is 1. The van der Waals surface area contributed by atoms with E-state index in [1.165, 1.54) is 24.1 Å². The molecule has 1 unspecified atom stereocenters. The highest BCUT2D eigenvalue weighted by Crippen LogP contribution is 2.41. The van der Waals surface area contributed by atoms with Gasteiger partial charge in [0, 0.05) is 34.4 Å². The molecule has 42 heavy (non-hydrogen) atoms. The van der Waals surface area contributed by atoms with Crippen LogP contribution in [0.2, 0.25) is 5.02 Å². The number of anilines is 1. The minimum atomic E-state index is -2.80. The average Bonchev–Trinajstić information content (AvgIpc) is 3.73. The second-order valence-corrected chi connectivity index (χ2v) is 10.3. The first-order valence-electron chi connectivity index (χ1n) is 12.7. The number of nitrogens with one attached hydrogen (secondary N) is 1. The number of aliphatic hydroxyl groups is 1. The number of benzene rings is 2. The van der Waals surface area contributed by atoms with Gasteiger partial charge in [-0.2, -0.15) is 4.73 Å². The Morgan fingerprint density at radius 2 is 1.98 bits per heavy atom. The van der Waals surface area contributed by atoms with Gasteiger partial charge in [0.25, 0.3) is 6.43 Å². The number of halogens is 3. The number of hydrogen-bond acceptors (Lipinski definition) is 6. The number of H-pyrrole nitrogens is 1. The molecule has 3 heterocycles. The van der Waals surface area contributed by atoms with Gasteiger partial charge in [0.1, 0.15) is 11.5 Å². The molecular formula is C28H22ClF2N7O4. The maximum absolute atomic E-state index is 13.4. The molecule has 0 radical (unpaired) electrons. The van der Waals surface area contributed by atoms with Crippen molar-refractivity contribution in [2.45, 2.75) is 24.9 Å². The predicted octanol–water partition coefficient (Wildman–Crippen LogP) is 4.85. The zero-order valence-electron chi connectivity index (χ0n) is 21.9. The fraction of sp³-hybridized carbons (Fsp3) is 0.179. The maximum Gasteiger partial charge on any atom is 0.411 e. The van der Waals surface area contributed by atoms with E-state index >= 15 is 0 Å². The third kappa shape index (κ3) is 4.62. The van der Waals surface area contributed by atoms with Gasteiger partial charge in [-0.3, -0.25) is 4.90 Å². The van der Waals surface area contributed by atoms with Crippen LogP contribution in [0.3, 0.4) is 0 Å². The first-order valence-corrected chi connectivity index (χ1v) is 13.0. The van der Waals surface area contributed by atoms with E-state index in [2.05, 4.69) is 20.3 Å². The summed E-state index contributed by atoms with van der Waals surface area (Å²) in [5.74, 6) is 0.186. The second-order valence-electron chi connectivity index (χ2n) is 9.87. The number of imidazole rings is 1. The number of pyridine rings is 1. The number of aromatic amines is 1. The number of carbonyl (C=O) groups is 1. The van der Waals surface area contributed by atoms with E-state index in [0.717, 1.165) is 11.1 Å². The topological polar surface area (TPSA) is 147 Å². The lowest BCUT2D eigenvalue weighted by Crippen LogP contribution is -2.42. The number of amides is 1. The van der Waals surface area contributed by atoms with E-state index < -0.39 is 23.8 Å². The average molecular weight is 594 g/mol. The van der Waals surface area contributed by atoms with Crippen molar-refractivity contribution in [2.75, 3.05) is 11.9 Å². The number of alkyl halides is 2. The van der Waals surface area contributed by atoms with Gasteiger partial charge in [-0.05, 0) is 54.8 Å². The normalized spacial score (nSPS) is 16.1. The molecule has 11 nitrogen and oxygen atoms in total. The summed E-state index contributed by atoms with van der Waals surface area (Å²) in [4.78, 5) is 19.8. The molecule has 6 rings (SSSR count). The van der Waals surface area contributed by atoms with Crippen LogP contribution < -0.4 is 9.63 Å². The summed E-state index contributed by atoms with van der Waals surface area (Å²) in [7, 11) is 1.44. The minimum Gasteiger partial charge on any atom is -0.618 e. The van der Waals surface area contributed by atoms with Crippen LogP contribution in [0.5, 0.6) is 0 Å². The molecule has 1 atom stereocenters. The Bertz CT molecular complexity index is 1830. The SMILES string of the molecule is CN(C(=O)O)c1ccc(-c2cnc(C3(O)CCc4cc(-c5cc(Cl)ccc5-n5cc(C(F)F)nn5)c[n+]([O-])c43)[nH]2)cc1. The third-order valence-corrected chi connectivity index (χ3v) is 7.56. The van der Waals surface area contributed by atoms with Crippen LogP contribution in [0.25, 0.3) is 28.1 Å². The van der Waals surface area contributed by atoms with Crippen molar-refractivity contribution >= 4 is 23.4 Å². The largest absolute Gasteiger partial charge is 0.618 e. The lowest BCUT2D eigenvalue weighted by Gasteiger charge is -2.20. The molecule has 1 aliphatic rings. The standard InChI is InChI=1S/C28H22ClF2N7O4/c1-36(27(39)40)19-5-2-15(3-6-19)21-12-32-26(33-21)28(41)9-8-16-10-17(13-38(42)24(16)28)20-11-18(29)4-7-23(20)37-14-22(25(30)31)34-35-37/h2-7,10-14,25,41H,8-9H2,1H3,(H,32,33)(H,39,40). The van der Waals surface area contributed by atoms with Crippen LogP contribution in [0, 0.1) is 5.21 Å². The summed E-state index contributed by atoms with van der Waals surface area (Å²) in [5.41, 5.74) is 1.59. The number of aromatic nitrogens is 6. The molecule has 214 valence electrons. The van der Waals surface area contributed by atoms with Crippen molar-refractivity contribution in [3.63, 3.8) is 0 Å². The summed E-state index contributed by atoms with van der Waals surface area (Å²) in [6, 6.07) is 13.3. The number of hydrogen-bond donors (Lipinski definition) is 3. The van der Waals surface area contributed by atoms with Crippen molar-refractivity contribution < 1.29 is 28.5 Å². The summed E-state index contributed by atoms with van der Waals surface area (Å²) in [6.45, 7) is 0. The highest BCUT2D eigenvalue weighted by Gasteiger charge is 2.48. The smallest absolute Gasteiger partial charge is 0.411 e. The monoisotopic (exact) mass is 593 g/mol. The molecule has 2 aromatic carbocycles. The Morgan fingerprint density at radius 1 is 1.21 bits per heavy atom. The zero-order chi connectivity index (χ0) is 29.8. The van der Waals surface area contributed by atoms with Gasteiger partial charge < -0.3 is 20.4 Å².